The van der Waals surface area contributed by atoms with Gasteiger partial charge in [0.25, 0.3) is 0 Å². The van der Waals surface area contributed by atoms with Crippen molar-refractivity contribution in [1.82, 2.24) is 4.98 Å². The molecule has 0 aliphatic heterocycles. The van der Waals surface area contributed by atoms with E-state index in [-0.39, 0.29) is 12.4 Å². The molecule has 0 saturated carbocycles. The van der Waals surface area contributed by atoms with Crippen LogP contribution in [0.3, 0.4) is 0 Å². The van der Waals surface area contributed by atoms with Gasteiger partial charge in [0.15, 0.2) is 0 Å². The predicted octanol–water partition coefficient (Wildman–Crippen LogP) is 3.01. The minimum absolute atomic E-state index is 0.0329. The number of furan rings is 1. The van der Waals surface area contributed by atoms with Crippen LogP contribution in [0.5, 0.6) is 0 Å². The number of aromatic nitrogens is 1. The molecule has 108 valence electrons. The summed E-state index contributed by atoms with van der Waals surface area (Å²) in [5.74, 6) is 0.351. The molecule has 0 bridgehead atoms. The Morgan fingerprint density at radius 2 is 2.00 bits per heavy atom. The van der Waals surface area contributed by atoms with E-state index in [0.29, 0.717) is 5.76 Å². The van der Waals surface area contributed by atoms with Crippen LogP contribution in [-0.2, 0) is 11.8 Å². The van der Waals surface area contributed by atoms with Crippen LogP contribution >= 0.6 is 0 Å². The van der Waals surface area contributed by atoms with Crippen molar-refractivity contribution in [2.24, 2.45) is 0 Å². The van der Waals surface area contributed by atoms with Crippen molar-refractivity contribution >= 4 is 5.82 Å². The molecule has 2 rings (SSSR count). The highest BCUT2D eigenvalue weighted by Gasteiger charge is 2.32. The van der Waals surface area contributed by atoms with Gasteiger partial charge in [-0.25, -0.2) is 4.98 Å². The lowest BCUT2D eigenvalue weighted by atomic mass is 10.0. The molecule has 0 aliphatic carbocycles. The highest BCUT2D eigenvalue weighted by Crippen LogP contribution is 2.28. The maximum Gasteiger partial charge on any atom is 0.433 e. The van der Waals surface area contributed by atoms with E-state index in [9.17, 15) is 18.3 Å². The van der Waals surface area contributed by atoms with Crippen molar-refractivity contribution in [1.29, 1.82) is 0 Å². The van der Waals surface area contributed by atoms with Crippen LogP contribution < -0.4 is 5.32 Å². The summed E-state index contributed by atoms with van der Waals surface area (Å²) in [5, 5.41) is 12.8. The van der Waals surface area contributed by atoms with Gasteiger partial charge in [-0.1, -0.05) is 6.07 Å². The molecule has 2 aromatic rings. The normalized spacial score (nSPS) is 14.8. The van der Waals surface area contributed by atoms with Crippen molar-refractivity contribution in [2.75, 3.05) is 11.9 Å². The average Bonchev–Trinajstić information content (AvgIpc) is 2.90. The van der Waals surface area contributed by atoms with Crippen LogP contribution in [-0.4, -0.2) is 16.6 Å². The topological polar surface area (TPSA) is 58.3 Å². The minimum atomic E-state index is -4.50. The third-order valence-electron chi connectivity index (χ3n) is 2.71. The first-order valence-corrected chi connectivity index (χ1v) is 5.83. The largest absolute Gasteiger partial charge is 0.466 e. The molecule has 1 unspecified atom stereocenters. The van der Waals surface area contributed by atoms with E-state index in [1.54, 1.807) is 12.1 Å². The van der Waals surface area contributed by atoms with Crippen LogP contribution in [0.25, 0.3) is 0 Å². The van der Waals surface area contributed by atoms with Crippen molar-refractivity contribution in [3.05, 3.63) is 48.0 Å². The molecule has 1 atom stereocenters. The van der Waals surface area contributed by atoms with Gasteiger partial charge in [-0.3, -0.25) is 0 Å². The van der Waals surface area contributed by atoms with Crippen LogP contribution in [0.1, 0.15) is 18.4 Å². The second-order valence-corrected chi connectivity index (χ2v) is 4.51. The molecular formula is C13H13F3N2O2. The van der Waals surface area contributed by atoms with Crippen molar-refractivity contribution in [3.8, 4) is 0 Å². The number of anilines is 1. The van der Waals surface area contributed by atoms with Crippen LogP contribution in [0.15, 0.2) is 41.0 Å². The fraction of sp³-hybridized carbons (Fsp3) is 0.308. The van der Waals surface area contributed by atoms with E-state index in [0.717, 1.165) is 6.07 Å². The Balaban J connectivity index is 2.08. The summed E-state index contributed by atoms with van der Waals surface area (Å²) in [6.45, 7) is 1.46. The second-order valence-electron chi connectivity index (χ2n) is 4.51. The molecule has 2 heterocycles. The maximum absolute atomic E-state index is 12.5. The molecule has 0 amide bonds. The zero-order valence-electron chi connectivity index (χ0n) is 10.6. The Labute approximate surface area is 113 Å². The number of halogens is 3. The summed E-state index contributed by atoms with van der Waals surface area (Å²) in [6, 6.07) is 6.73. The summed E-state index contributed by atoms with van der Waals surface area (Å²) in [4.78, 5) is 3.45. The van der Waals surface area contributed by atoms with E-state index >= 15 is 0 Å². The van der Waals surface area contributed by atoms with E-state index < -0.39 is 17.5 Å². The molecule has 2 N–H and O–H groups in total. The number of hydrogen-bond donors (Lipinski definition) is 2. The van der Waals surface area contributed by atoms with E-state index in [1.807, 2.05) is 0 Å². The number of rotatable bonds is 4. The van der Waals surface area contributed by atoms with Crippen LogP contribution in [0, 0.1) is 0 Å². The Bertz CT molecular complexity index is 565. The fourth-order valence-electron chi connectivity index (χ4n) is 1.63. The Hall–Kier alpha value is -2.02. The summed E-state index contributed by atoms with van der Waals surface area (Å²) < 4.78 is 42.6. The number of nitrogens with zero attached hydrogens (tertiary/aromatic N) is 1. The Morgan fingerprint density at radius 1 is 1.25 bits per heavy atom. The molecule has 0 aliphatic rings. The molecule has 0 saturated heterocycles. The highest BCUT2D eigenvalue weighted by atomic mass is 19.4. The van der Waals surface area contributed by atoms with Gasteiger partial charge < -0.3 is 14.8 Å². The van der Waals surface area contributed by atoms with E-state index in [4.69, 9.17) is 4.42 Å². The van der Waals surface area contributed by atoms with Gasteiger partial charge in [0, 0.05) is 0 Å². The van der Waals surface area contributed by atoms with Gasteiger partial charge in [-0.2, -0.15) is 13.2 Å². The quantitative estimate of drug-likeness (QED) is 0.907. The average molecular weight is 286 g/mol. The van der Waals surface area contributed by atoms with E-state index in [2.05, 4.69) is 10.3 Å². The number of hydrogen-bond acceptors (Lipinski definition) is 4. The van der Waals surface area contributed by atoms with Gasteiger partial charge in [0.2, 0.25) is 0 Å². The third-order valence-corrected chi connectivity index (χ3v) is 2.71. The van der Waals surface area contributed by atoms with Gasteiger partial charge in [-0.15, -0.1) is 0 Å². The lowest BCUT2D eigenvalue weighted by Gasteiger charge is -2.21. The number of nitrogens with one attached hydrogen (secondary N) is 1. The zero-order valence-corrected chi connectivity index (χ0v) is 10.6. The zero-order chi connectivity index (χ0) is 14.8. The minimum Gasteiger partial charge on any atom is -0.466 e. The first-order chi connectivity index (χ1) is 9.29. The van der Waals surface area contributed by atoms with Crippen LogP contribution in [0.2, 0.25) is 0 Å². The monoisotopic (exact) mass is 286 g/mol. The summed E-state index contributed by atoms with van der Waals surface area (Å²) in [5.41, 5.74) is -2.33. The van der Waals surface area contributed by atoms with Gasteiger partial charge >= 0.3 is 6.18 Å². The smallest absolute Gasteiger partial charge is 0.433 e. The van der Waals surface area contributed by atoms with Crippen molar-refractivity contribution < 1.29 is 22.7 Å². The summed E-state index contributed by atoms with van der Waals surface area (Å²) >= 11 is 0. The van der Waals surface area contributed by atoms with E-state index in [1.165, 1.54) is 25.3 Å². The molecule has 0 fully saturated rings. The lowest BCUT2D eigenvalue weighted by Crippen LogP contribution is -2.30. The number of alkyl halides is 3. The highest BCUT2D eigenvalue weighted by molar-refractivity contribution is 5.36. The van der Waals surface area contributed by atoms with Crippen LogP contribution in [0.4, 0.5) is 19.0 Å². The number of pyridine rings is 1. The SMILES string of the molecule is CC(O)(CNc1cccc(C(F)(F)F)n1)c1ccco1. The fourth-order valence-corrected chi connectivity index (χ4v) is 1.63. The molecule has 0 aromatic carbocycles. The standard InChI is InChI=1S/C13H13F3N2O2/c1-12(19,10-5-3-7-20-10)8-17-11-6-2-4-9(18-11)13(14,15)16/h2-7,19H,8H2,1H3,(H,17,18). The Kier molecular flexibility index (Phi) is 3.71. The molecule has 4 nitrogen and oxygen atoms in total. The molecule has 0 radical (unpaired) electrons. The van der Waals surface area contributed by atoms with Crippen molar-refractivity contribution in [3.63, 3.8) is 0 Å². The third kappa shape index (κ3) is 3.30. The maximum atomic E-state index is 12.5. The lowest BCUT2D eigenvalue weighted by molar-refractivity contribution is -0.141. The molecule has 2 aromatic heterocycles. The predicted molar refractivity (Wildman–Crippen MR) is 66.0 cm³/mol. The molecule has 7 heteroatoms. The Morgan fingerprint density at radius 3 is 2.60 bits per heavy atom. The first-order valence-electron chi connectivity index (χ1n) is 5.83. The summed E-state index contributed by atoms with van der Waals surface area (Å²) in [7, 11) is 0. The van der Waals surface area contributed by atoms with Crippen molar-refractivity contribution in [2.45, 2.75) is 18.7 Å². The molecular weight excluding hydrogens is 273 g/mol. The first kappa shape index (κ1) is 14.4. The second kappa shape index (κ2) is 5.16. The summed E-state index contributed by atoms with van der Waals surface area (Å²) in [6.07, 6.45) is -3.09. The van der Waals surface area contributed by atoms with Gasteiger partial charge in [0.1, 0.15) is 22.9 Å². The van der Waals surface area contributed by atoms with Gasteiger partial charge in [-0.05, 0) is 31.2 Å². The van der Waals surface area contributed by atoms with Gasteiger partial charge in [0.05, 0.1) is 12.8 Å². The molecule has 20 heavy (non-hydrogen) atoms. The molecule has 0 spiro atoms. The number of aliphatic hydroxyl groups is 1.